The van der Waals surface area contributed by atoms with Crippen molar-refractivity contribution in [2.24, 2.45) is 0 Å². The molecule has 0 spiro atoms. The molecule has 0 saturated heterocycles. The molecule has 1 heterocycles. The van der Waals surface area contributed by atoms with E-state index in [1.807, 2.05) is 61.5 Å². The van der Waals surface area contributed by atoms with Crippen molar-refractivity contribution < 1.29 is 18.6 Å². The van der Waals surface area contributed by atoms with Crippen molar-refractivity contribution in [3.05, 3.63) is 65.9 Å². The summed E-state index contributed by atoms with van der Waals surface area (Å²) in [6.07, 6.45) is 3.60. The van der Waals surface area contributed by atoms with E-state index in [0.717, 1.165) is 11.3 Å². The first-order valence-corrected chi connectivity index (χ1v) is 8.28. The Kier molecular flexibility index (Phi) is 5.88. The van der Waals surface area contributed by atoms with Gasteiger partial charge in [0.1, 0.15) is 5.75 Å². The molecule has 0 bridgehead atoms. The van der Waals surface area contributed by atoms with Crippen LogP contribution in [0.3, 0.4) is 0 Å². The summed E-state index contributed by atoms with van der Waals surface area (Å²) in [6, 6.07) is 15.2. The van der Waals surface area contributed by atoms with Crippen LogP contribution in [0.4, 0.5) is 0 Å². The molecule has 3 aromatic rings. The molecule has 3 rings (SSSR count). The third-order valence-corrected chi connectivity index (χ3v) is 3.53. The molecule has 0 fully saturated rings. The lowest BCUT2D eigenvalue weighted by atomic mass is 10.2. The van der Waals surface area contributed by atoms with E-state index in [1.54, 1.807) is 13.2 Å². The van der Waals surface area contributed by atoms with Crippen LogP contribution in [0.5, 0.6) is 17.2 Å². The van der Waals surface area contributed by atoms with Crippen LogP contribution in [0.2, 0.25) is 0 Å². The maximum atomic E-state index is 5.72. The Bertz CT molecular complexity index is 874. The minimum atomic E-state index is 0.166. The van der Waals surface area contributed by atoms with Crippen LogP contribution in [0.15, 0.2) is 52.9 Å². The Morgan fingerprint density at radius 3 is 2.31 bits per heavy atom. The molecule has 0 aliphatic rings. The van der Waals surface area contributed by atoms with E-state index in [1.165, 1.54) is 0 Å². The number of nitrogens with zero attached hydrogens (tertiary/aromatic N) is 2. The number of hydrogen-bond donors (Lipinski definition) is 0. The highest BCUT2D eigenvalue weighted by Gasteiger charge is 2.08. The normalized spacial score (nSPS) is 10.8. The second-order valence-electron chi connectivity index (χ2n) is 5.28. The van der Waals surface area contributed by atoms with E-state index in [2.05, 4.69) is 10.2 Å². The van der Waals surface area contributed by atoms with Crippen LogP contribution in [-0.2, 0) is 6.61 Å². The van der Waals surface area contributed by atoms with Crippen molar-refractivity contribution in [3.63, 3.8) is 0 Å². The summed E-state index contributed by atoms with van der Waals surface area (Å²) in [7, 11) is 1.63. The number of benzene rings is 2. The van der Waals surface area contributed by atoms with Crippen molar-refractivity contribution >= 4 is 12.2 Å². The van der Waals surface area contributed by atoms with Gasteiger partial charge in [-0.2, -0.15) is 0 Å². The summed E-state index contributed by atoms with van der Waals surface area (Å²) in [5, 5.41) is 8.00. The highest BCUT2D eigenvalue weighted by Crippen LogP contribution is 2.27. The average Bonchev–Trinajstić information content (AvgIpc) is 3.14. The van der Waals surface area contributed by atoms with Gasteiger partial charge in [0.15, 0.2) is 18.1 Å². The number of rotatable bonds is 8. The molecule has 26 heavy (non-hydrogen) atoms. The van der Waals surface area contributed by atoms with Crippen LogP contribution >= 0.6 is 0 Å². The molecule has 2 aromatic carbocycles. The minimum absolute atomic E-state index is 0.166. The molecule has 0 aliphatic heterocycles. The lowest BCUT2D eigenvalue weighted by Crippen LogP contribution is -1.99. The van der Waals surface area contributed by atoms with Crippen molar-refractivity contribution in [3.8, 4) is 17.2 Å². The van der Waals surface area contributed by atoms with E-state index in [0.29, 0.717) is 29.9 Å². The minimum Gasteiger partial charge on any atom is -0.496 e. The zero-order chi connectivity index (χ0) is 18.2. The fourth-order valence-electron chi connectivity index (χ4n) is 2.34. The predicted molar refractivity (Wildman–Crippen MR) is 98.2 cm³/mol. The zero-order valence-electron chi connectivity index (χ0n) is 14.7. The van der Waals surface area contributed by atoms with Gasteiger partial charge in [0.25, 0.3) is 5.89 Å². The molecular formula is C20H20N2O4. The SMILES string of the molecule is CCOc1ccccc1OCc1nnc(/C=C/c2ccccc2OC)o1. The van der Waals surface area contributed by atoms with Crippen molar-refractivity contribution in [2.45, 2.75) is 13.5 Å². The number of ether oxygens (including phenoxy) is 3. The standard InChI is InChI=1S/C20H20N2O4/c1-3-24-17-10-6-7-11-18(17)25-14-20-22-21-19(26-20)13-12-15-8-4-5-9-16(15)23-2/h4-13H,3,14H2,1-2H3/b13-12+. The Morgan fingerprint density at radius 2 is 1.58 bits per heavy atom. The Hall–Kier alpha value is -3.28. The lowest BCUT2D eigenvalue weighted by molar-refractivity contribution is 0.241. The lowest BCUT2D eigenvalue weighted by Gasteiger charge is -2.09. The monoisotopic (exact) mass is 352 g/mol. The third kappa shape index (κ3) is 4.42. The second kappa shape index (κ2) is 8.71. The number of para-hydroxylation sites is 3. The summed E-state index contributed by atoms with van der Waals surface area (Å²) in [6.45, 7) is 2.66. The summed E-state index contributed by atoms with van der Waals surface area (Å²) in [4.78, 5) is 0. The summed E-state index contributed by atoms with van der Waals surface area (Å²) in [5.41, 5.74) is 0.927. The van der Waals surface area contributed by atoms with E-state index in [9.17, 15) is 0 Å². The van der Waals surface area contributed by atoms with Crippen LogP contribution < -0.4 is 14.2 Å². The van der Waals surface area contributed by atoms with Crippen LogP contribution in [0.1, 0.15) is 24.3 Å². The van der Waals surface area contributed by atoms with Crippen molar-refractivity contribution in [2.75, 3.05) is 13.7 Å². The summed E-state index contributed by atoms with van der Waals surface area (Å²) >= 11 is 0. The molecule has 1 aromatic heterocycles. The highest BCUT2D eigenvalue weighted by atomic mass is 16.5. The van der Waals surface area contributed by atoms with Gasteiger partial charge in [-0.25, -0.2) is 0 Å². The van der Waals surface area contributed by atoms with E-state index in [-0.39, 0.29) is 6.61 Å². The molecule has 0 N–H and O–H groups in total. The molecule has 0 aliphatic carbocycles. The Balaban J connectivity index is 1.64. The van der Waals surface area contributed by atoms with Crippen LogP contribution in [0.25, 0.3) is 12.2 Å². The fraction of sp³-hybridized carbons (Fsp3) is 0.200. The molecule has 0 amide bonds. The van der Waals surface area contributed by atoms with Gasteiger partial charge in [0.2, 0.25) is 5.89 Å². The van der Waals surface area contributed by atoms with Gasteiger partial charge in [-0.1, -0.05) is 30.3 Å². The highest BCUT2D eigenvalue weighted by molar-refractivity contribution is 5.69. The zero-order valence-corrected chi connectivity index (χ0v) is 14.7. The molecular weight excluding hydrogens is 332 g/mol. The average molecular weight is 352 g/mol. The molecule has 0 saturated carbocycles. The molecule has 0 radical (unpaired) electrons. The molecule has 0 unspecified atom stereocenters. The molecule has 6 heteroatoms. The largest absolute Gasteiger partial charge is 0.496 e. The topological polar surface area (TPSA) is 66.6 Å². The molecule has 134 valence electrons. The fourth-order valence-corrected chi connectivity index (χ4v) is 2.34. The molecule has 0 atom stereocenters. The van der Waals surface area contributed by atoms with Gasteiger partial charge in [0.05, 0.1) is 13.7 Å². The van der Waals surface area contributed by atoms with Gasteiger partial charge >= 0.3 is 0 Å². The third-order valence-electron chi connectivity index (χ3n) is 3.53. The number of hydrogen-bond acceptors (Lipinski definition) is 6. The first-order chi connectivity index (χ1) is 12.8. The number of methoxy groups -OCH3 is 1. The smallest absolute Gasteiger partial charge is 0.254 e. The summed E-state index contributed by atoms with van der Waals surface area (Å²) < 4.78 is 22.1. The van der Waals surface area contributed by atoms with Crippen LogP contribution in [0, 0.1) is 0 Å². The number of aromatic nitrogens is 2. The Labute approximate surface area is 152 Å². The maximum Gasteiger partial charge on any atom is 0.254 e. The van der Waals surface area contributed by atoms with Crippen molar-refractivity contribution in [1.29, 1.82) is 0 Å². The molecule has 6 nitrogen and oxygen atoms in total. The van der Waals surface area contributed by atoms with E-state index >= 15 is 0 Å². The van der Waals surface area contributed by atoms with Gasteiger partial charge in [-0.05, 0) is 31.2 Å². The van der Waals surface area contributed by atoms with E-state index < -0.39 is 0 Å². The quantitative estimate of drug-likeness (QED) is 0.604. The van der Waals surface area contributed by atoms with Gasteiger partial charge in [-0.15, -0.1) is 10.2 Å². The van der Waals surface area contributed by atoms with Gasteiger partial charge in [-0.3, -0.25) is 0 Å². The van der Waals surface area contributed by atoms with E-state index in [4.69, 9.17) is 18.6 Å². The first-order valence-electron chi connectivity index (χ1n) is 8.28. The summed E-state index contributed by atoms with van der Waals surface area (Å²) in [5.74, 6) is 2.88. The maximum absolute atomic E-state index is 5.72. The predicted octanol–water partition coefficient (Wildman–Crippen LogP) is 4.23. The van der Waals surface area contributed by atoms with Crippen molar-refractivity contribution in [1.82, 2.24) is 10.2 Å². The van der Waals surface area contributed by atoms with Crippen LogP contribution in [-0.4, -0.2) is 23.9 Å². The first kappa shape index (κ1) is 17.5. The second-order valence-corrected chi connectivity index (χ2v) is 5.28. The Morgan fingerprint density at radius 1 is 0.885 bits per heavy atom. The van der Waals surface area contributed by atoms with Gasteiger partial charge in [0, 0.05) is 11.6 Å². The van der Waals surface area contributed by atoms with Gasteiger partial charge < -0.3 is 18.6 Å².